The fourth-order valence-corrected chi connectivity index (χ4v) is 3.51. The van der Waals surface area contributed by atoms with Gasteiger partial charge in [0.2, 0.25) is 0 Å². The van der Waals surface area contributed by atoms with E-state index in [4.69, 9.17) is 0 Å². The van der Waals surface area contributed by atoms with Gasteiger partial charge in [0.25, 0.3) is 11.5 Å². The van der Waals surface area contributed by atoms with Crippen molar-refractivity contribution in [3.63, 3.8) is 0 Å². The van der Waals surface area contributed by atoms with Gasteiger partial charge in [-0.15, -0.1) is 0 Å². The van der Waals surface area contributed by atoms with E-state index in [1.54, 1.807) is 18.2 Å². The van der Waals surface area contributed by atoms with E-state index >= 15 is 0 Å². The van der Waals surface area contributed by atoms with Crippen LogP contribution in [0.3, 0.4) is 0 Å². The van der Waals surface area contributed by atoms with Crippen LogP contribution in [0.5, 0.6) is 0 Å². The first-order valence-corrected chi connectivity index (χ1v) is 10.3. The van der Waals surface area contributed by atoms with Crippen LogP contribution >= 0.6 is 11.8 Å². The highest BCUT2D eigenvalue weighted by atomic mass is 32.2. The van der Waals surface area contributed by atoms with E-state index in [-0.39, 0.29) is 34.0 Å². The third kappa shape index (κ3) is 6.16. The number of aromatic amines is 1. The van der Waals surface area contributed by atoms with Crippen LogP contribution in [0.25, 0.3) is 11.6 Å². The van der Waals surface area contributed by atoms with Crippen LogP contribution < -0.4 is 10.9 Å². The molecule has 32 heavy (non-hydrogen) atoms. The van der Waals surface area contributed by atoms with Crippen LogP contribution in [0.4, 0.5) is 13.2 Å². The van der Waals surface area contributed by atoms with Crippen molar-refractivity contribution in [2.24, 2.45) is 5.41 Å². The van der Waals surface area contributed by atoms with Crippen LogP contribution in [0, 0.1) is 5.41 Å². The molecule has 3 rings (SSSR count). The maximum absolute atomic E-state index is 12.9. The molecular weight excluding hydrogens is 443 g/mol. The molecule has 0 aliphatic heterocycles. The standard InChI is InChI=1S/C21H20F3N5O2S/c1-20(2,3)16(12-5-7-13(8-6-12)32-21(22,23)24)29-19(31)14-11-15(30)28-18(27-14)17-25-9-4-10-26-17/h4-11,16H,1-3H3,(H,29,31)(H,27,28,30)/t16-/m0/s1. The van der Waals surface area contributed by atoms with Crippen molar-refractivity contribution in [3.8, 4) is 11.6 Å². The van der Waals surface area contributed by atoms with Gasteiger partial charge >= 0.3 is 5.51 Å². The average Bonchev–Trinajstić information content (AvgIpc) is 2.71. The Hall–Kier alpha value is -3.21. The minimum Gasteiger partial charge on any atom is -0.343 e. The van der Waals surface area contributed by atoms with Gasteiger partial charge in [0.05, 0.1) is 6.04 Å². The molecule has 0 saturated carbocycles. The molecule has 7 nitrogen and oxygen atoms in total. The lowest BCUT2D eigenvalue weighted by atomic mass is 9.82. The molecule has 168 valence electrons. The molecule has 11 heteroatoms. The van der Waals surface area contributed by atoms with Gasteiger partial charge in [-0.25, -0.2) is 15.0 Å². The van der Waals surface area contributed by atoms with Crippen molar-refractivity contribution in [2.45, 2.75) is 37.2 Å². The summed E-state index contributed by atoms with van der Waals surface area (Å²) in [5.74, 6) is -0.407. The summed E-state index contributed by atoms with van der Waals surface area (Å²) in [6.45, 7) is 5.64. The summed E-state index contributed by atoms with van der Waals surface area (Å²) in [6.07, 6.45) is 2.96. The molecule has 0 spiro atoms. The highest BCUT2D eigenvalue weighted by molar-refractivity contribution is 8.00. The number of aromatic nitrogens is 4. The molecule has 3 aromatic rings. The highest BCUT2D eigenvalue weighted by Gasteiger charge is 2.31. The fourth-order valence-electron chi connectivity index (χ4n) is 2.97. The molecule has 1 amide bonds. The van der Waals surface area contributed by atoms with E-state index in [1.165, 1.54) is 24.5 Å². The van der Waals surface area contributed by atoms with E-state index < -0.39 is 28.4 Å². The molecule has 1 aromatic carbocycles. The molecule has 0 unspecified atom stereocenters. The Balaban J connectivity index is 1.88. The van der Waals surface area contributed by atoms with Crippen molar-refractivity contribution in [2.75, 3.05) is 0 Å². The average molecular weight is 463 g/mol. The summed E-state index contributed by atoms with van der Waals surface area (Å²) in [7, 11) is 0. The van der Waals surface area contributed by atoms with Gasteiger partial charge in [-0.05, 0) is 40.9 Å². The van der Waals surface area contributed by atoms with Crippen molar-refractivity contribution >= 4 is 17.7 Å². The van der Waals surface area contributed by atoms with E-state index in [0.717, 1.165) is 6.07 Å². The van der Waals surface area contributed by atoms with Crippen molar-refractivity contribution in [1.82, 2.24) is 25.3 Å². The molecular formula is C21H20F3N5O2S. The minimum atomic E-state index is -4.38. The number of H-pyrrole nitrogens is 1. The largest absolute Gasteiger partial charge is 0.446 e. The number of carbonyl (C=O) groups is 1. The van der Waals surface area contributed by atoms with E-state index in [0.29, 0.717) is 5.56 Å². The monoisotopic (exact) mass is 463 g/mol. The molecule has 1 atom stereocenters. The number of hydrogen-bond donors (Lipinski definition) is 2. The maximum atomic E-state index is 12.9. The molecule has 0 aliphatic rings. The number of thioether (sulfide) groups is 1. The zero-order valence-electron chi connectivity index (χ0n) is 17.4. The number of alkyl halides is 3. The lowest BCUT2D eigenvalue weighted by Gasteiger charge is -2.32. The quantitative estimate of drug-likeness (QED) is 0.546. The summed E-state index contributed by atoms with van der Waals surface area (Å²) in [5.41, 5.74) is -4.93. The van der Waals surface area contributed by atoms with Gasteiger partial charge in [-0.3, -0.25) is 9.59 Å². The second kappa shape index (κ2) is 9.11. The molecule has 0 radical (unpaired) electrons. The van der Waals surface area contributed by atoms with Gasteiger partial charge in [0, 0.05) is 23.4 Å². The smallest absolute Gasteiger partial charge is 0.343 e. The van der Waals surface area contributed by atoms with Gasteiger partial charge in [-0.1, -0.05) is 32.9 Å². The van der Waals surface area contributed by atoms with Gasteiger partial charge < -0.3 is 10.3 Å². The molecule has 0 fully saturated rings. The number of amides is 1. The SMILES string of the molecule is CC(C)(C)[C@@H](NC(=O)c1cc(=O)[nH]c(-c2ncccn2)n1)c1ccc(SC(F)(F)F)cc1. The van der Waals surface area contributed by atoms with Crippen LogP contribution in [0.15, 0.2) is 58.5 Å². The Bertz CT molecular complexity index is 1140. The maximum Gasteiger partial charge on any atom is 0.446 e. The Morgan fingerprint density at radius 2 is 1.72 bits per heavy atom. The third-order valence-corrected chi connectivity index (χ3v) is 5.08. The Morgan fingerprint density at radius 1 is 1.09 bits per heavy atom. The minimum absolute atomic E-state index is 0.0454. The zero-order chi connectivity index (χ0) is 23.5. The number of hydrogen-bond acceptors (Lipinski definition) is 6. The molecule has 0 bridgehead atoms. The Labute approximate surface area is 185 Å². The fraction of sp³-hybridized carbons (Fsp3) is 0.286. The number of nitrogens with zero attached hydrogens (tertiary/aromatic N) is 3. The number of nitrogens with one attached hydrogen (secondary N) is 2. The van der Waals surface area contributed by atoms with Gasteiger partial charge in [-0.2, -0.15) is 13.2 Å². The Morgan fingerprint density at radius 3 is 2.28 bits per heavy atom. The first-order chi connectivity index (χ1) is 14.9. The van der Waals surface area contributed by atoms with E-state index in [1.807, 2.05) is 20.8 Å². The summed E-state index contributed by atoms with van der Waals surface area (Å²) >= 11 is -0.207. The third-order valence-electron chi connectivity index (χ3n) is 4.34. The Kier molecular flexibility index (Phi) is 6.68. The summed E-state index contributed by atoms with van der Waals surface area (Å²) in [4.78, 5) is 39.7. The number of benzene rings is 1. The lowest BCUT2D eigenvalue weighted by molar-refractivity contribution is -0.0328. The topological polar surface area (TPSA) is 101 Å². The summed E-state index contributed by atoms with van der Waals surface area (Å²) < 4.78 is 37.8. The lowest BCUT2D eigenvalue weighted by Crippen LogP contribution is -2.37. The van der Waals surface area contributed by atoms with Crippen LogP contribution in [-0.2, 0) is 0 Å². The van der Waals surface area contributed by atoms with Crippen LogP contribution in [-0.4, -0.2) is 31.4 Å². The predicted molar refractivity (Wildman–Crippen MR) is 114 cm³/mol. The molecule has 0 saturated heterocycles. The molecule has 2 aromatic heterocycles. The number of rotatable bonds is 5. The number of carbonyl (C=O) groups excluding carboxylic acids is 1. The first kappa shape index (κ1) is 23.5. The predicted octanol–water partition coefficient (Wildman–Crippen LogP) is 4.36. The van der Waals surface area contributed by atoms with Gasteiger partial charge in [0.15, 0.2) is 11.6 Å². The van der Waals surface area contributed by atoms with Crippen molar-refractivity contribution in [3.05, 3.63) is 70.4 Å². The van der Waals surface area contributed by atoms with E-state index in [9.17, 15) is 22.8 Å². The number of halogens is 3. The van der Waals surface area contributed by atoms with Crippen LogP contribution in [0.1, 0.15) is 42.9 Å². The van der Waals surface area contributed by atoms with Crippen molar-refractivity contribution in [1.29, 1.82) is 0 Å². The highest BCUT2D eigenvalue weighted by Crippen LogP contribution is 2.38. The van der Waals surface area contributed by atoms with Crippen molar-refractivity contribution < 1.29 is 18.0 Å². The normalized spacial score (nSPS) is 12.9. The molecule has 2 N–H and O–H groups in total. The summed E-state index contributed by atoms with van der Waals surface area (Å²) in [6, 6.07) is 7.90. The molecule has 2 heterocycles. The molecule has 0 aliphatic carbocycles. The van der Waals surface area contributed by atoms with Gasteiger partial charge in [0.1, 0.15) is 5.69 Å². The summed E-state index contributed by atoms with van der Waals surface area (Å²) in [5, 5.41) is 2.84. The first-order valence-electron chi connectivity index (χ1n) is 9.48. The second-order valence-corrected chi connectivity index (χ2v) is 9.08. The zero-order valence-corrected chi connectivity index (χ0v) is 18.2. The van der Waals surface area contributed by atoms with E-state index in [2.05, 4.69) is 25.3 Å². The van der Waals surface area contributed by atoms with Crippen LogP contribution in [0.2, 0.25) is 0 Å². The second-order valence-electron chi connectivity index (χ2n) is 7.94.